The van der Waals surface area contributed by atoms with Crippen LogP contribution >= 0.6 is 0 Å². The van der Waals surface area contributed by atoms with Crippen LogP contribution in [-0.2, 0) is 0 Å². The lowest BCUT2D eigenvalue weighted by Gasteiger charge is -2.34. The number of nitrogens with two attached hydrogens (primary N) is 1. The van der Waals surface area contributed by atoms with Crippen molar-refractivity contribution in [1.82, 2.24) is 4.90 Å². The third-order valence-corrected chi connectivity index (χ3v) is 3.07. The number of hydrogen-bond donors (Lipinski definition) is 1. The molecule has 3 nitrogen and oxygen atoms in total. The molecule has 0 amide bonds. The third kappa shape index (κ3) is 2.80. The van der Waals surface area contributed by atoms with Gasteiger partial charge < -0.3 is 10.6 Å². The highest BCUT2D eigenvalue weighted by atomic mass is 19.4. The minimum absolute atomic E-state index is 0.0362. The smallest absolute Gasteiger partial charge is 0.370 e. The molecule has 6 heteroatoms. The summed E-state index contributed by atoms with van der Waals surface area (Å²) in [5, 5.41) is 0. The summed E-state index contributed by atoms with van der Waals surface area (Å²) in [5.41, 5.74) is 5.70. The zero-order chi connectivity index (χ0) is 11.8. The van der Waals surface area contributed by atoms with Gasteiger partial charge in [0.25, 0.3) is 0 Å². The molecule has 0 aromatic carbocycles. The standard InChI is InChI=1S/C10H16F3N3/c11-10(12,13)7-2-1-5-16(6-7)9(14)15-8-3-4-8/h7-8H,1-6H2,(H2,14,15). The van der Waals surface area contributed by atoms with E-state index in [0.717, 1.165) is 12.8 Å². The van der Waals surface area contributed by atoms with Crippen molar-refractivity contribution in [3.05, 3.63) is 0 Å². The Bertz CT molecular complexity index is 284. The molecule has 16 heavy (non-hydrogen) atoms. The fourth-order valence-electron chi connectivity index (χ4n) is 1.92. The van der Waals surface area contributed by atoms with Crippen LogP contribution in [0.3, 0.4) is 0 Å². The van der Waals surface area contributed by atoms with Crippen LogP contribution in [0.1, 0.15) is 25.7 Å². The van der Waals surface area contributed by atoms with Gasteiger partial charge in [0.15, 0.2) is 5.96 Å². The molecule has 1 saturated carbocycles. The monoisotopic (exact) mass is 235 g/mol. The number of rotatable bonds is 1. The maximum Gasteiger partial charge on any atom is 0.393 e. The van der Waals surface area contributed by atoms with E-state index in [1.54, 1.807) is 4.90 Å². The molecule has 1 aliphatic heterocycles. The maximum atomic E-state index is 12.5. The predicted octanol–water partition coefficient (Wildman–Crippen LogP) is 1.74. The van der Waals surface area contributed by atoms with E-state index in [-0.39, 0.29) is 25.0 Å². The van der Waals surface area contributed by atoms with Crippen LogP contribution in [0.2, 0.25) is 0 Å². The molecule has 2 fully saturated rings. The number of halogens is 3. The Balaban J connectivity index is 1.95. The fraction of sp³-hybridized carbons (Fsp3) is 0.900. The average Bonchev–Trinajstić information content (AvgIpc) is 3.00. The lowest BCUT2D eigenvalue weighted by molar-refractivity contribution is -0.183. The molecule has 2 N–H and O–H groups in total. The molecule has 0 aromatic rings. The maximum absolute atomic E-state index is 12.5. The van der Waals surface area contributed by atoms with Crippen molar-refractivity contribution < 1.29 is 13.2 Å². The van der Waals surface area contributed by atoms with Crippen LogP contribution in [0.5, 0.6) is 0 Å². The highest BCUT2D eigenvalue weighted by molar-refractivity contribution is 5.78. The van der Waals surface area contributed by atoms with E-state index in [2.05, 4.69) is 4.99 Å². The molecule has 1 aliphatic carbocycles. The minimum atomic E-state index is -4.11. The lowest BCUT2D eigenvalue weighted by Crippen LogP contribution is -2.47. The van der Waals surface area contributed by atoms with Gasteiger partial charge in [0.2, 0.25) is 0 Å². The summed E-state index contributed by atoms with van der Waals surface area (Å²) in [5.74, 6) is -0.967. The number of nitrogens with zero attached hydrogens (tertiary/aromatic N) is 2. The van der Waals surface area contributed by atoms with E-state index >= 15 is 0 Å². The summed E-state index contributed by atoms with van der Waals surface area (Å²) < 4.78 is 37.6. The molecule has 0 radical (unpaired) electrons. The van der Waals surface area contributed by atoms with Crippen molar-refractivity contribution in [3.63, 3.8) is 0 Å². The summed E-state index contributed by atoms with van der Waals surface area (Å²) in [4.78, 5) is 5.75. The van der Waals surface area contributed by atoms with Gasteiger partial charge in [-0.25, -0.2) is 4.99 Å². The first-order valence-electron chi connectivity index (χ1n) is 5.62. The molecule has 92 valence electrons. The third-order valence-electron chi connectivity index (χ3n) is 3.07. The molecule has 1 heterocycles. The first-order valence-corrected chi connectivity index (χ1v) is 5.62. The molecule has 0 aromatic heterocycles. The SMILES string of the molecule is NC(=NC1CC1)N1CCCC(C(F)(F)F)C1. The summed E-state index contributed by atoms with van der Waals surface area (Å²) in [6, 6.07) is 0.256. The van der Waals surface area contributed by atoms with Gasteiger partial charge in [0.05, 0.1) is 12.0 Å². The van der Waals surface area contributed by atoms with E-state index in [0.29, 0.717) is 13.0 Å². The normalized spacial score (nSPS) is 28.3. The molecular formula is C10H16F3N3. The second kappa shape index (κ2) is 4.14. The number of guanidine groups is 1. The molecule has 0 bridgehead atoms. The number of alkyl halides is 3. The topological polar surface area (TPSA) is 41.6 Å². The van der Waals surface area contributed by atoms with Gasteiger partial charge in [-0.3, -0.25) is 0 Å². The van der Waals surface area contributed by atoms with E-state index in [1.165, 1.54) is 0 Å². The first-order chi connectivity index (χ1) is 7.47. The first kappa shape index (κ1) is 11.5. The Morgan fingerprint density at radius 2 is 1.94 bits per heavy atom. The highest BCUT2D eigenvalue weighted by Gasteiger charge is 2.42. The molecule has 1 unspecified atom stereocenters. The van der Waals surface area contributed by atoms with Crippen molar-refractivity contribution in [2.75, 3.05) is 13.1 Å². The average molecular weight is 235 g/mol. The van der Waals surface area contributed by atoms with Crippen LogP contribution in [0, 0.1) is 5.92 Å². The van der Waals surface area contributed by atoms with E-state index in [4.69, 9.17) is 5.73 Å². The molecule has 2 aliphatic rings. The molecular weight excluding hydrogens is 219 g/mol. The van der Waals surface area contributed by atoms with Gasteiger partial charge in [-0.15, -0.1) is 0 Å². The summed E-state index contributed by atoms with van der Waals surface area (Å²) in [7, 11) is 0. The van der Waals surface area contributed by atoms with Gasteiger partial charge >= 0.3 is 6.18 Å². The number of likely N-dealkylation sites (tertiary alicyclic amines) is 1. The van der Waals surface area contributed by atoms with Crippen LogP contribution in [0.25, 0.3) is 0 Å². The van der Waals surface area contributed by atoms with Gasteiger partial charge in [-0.1, -0.05) is 0 Å². The van der Waals surface area contributed by atoms with Crippen molar-refractivity contribution in [1.29, 1.82) is 0 Å². The fourth-order valence-corrected chi connectivity index (χ4v) is 1.92. The molecule has 1 saturated heterocycles. The largest absolute Gasteiger partial charge is 0.393 e. The Kier molecular flexibility index (Phi) is 2.99. The Labute approximate surface area is 92.5 Å². The molecule has 0 spiro atoms. The number of hydrogen-bond acceptors (Lipinski definition) is 1. The Morgan fingerprint density at radius 3 is 2.50 bits per heavy atom. The van der Waals surface area contributed by atoms with Crippen LogP contribution < -0.4 is 5.73 Å². The van der Waals surface area contributed by atoms with Gasteiger partial charge in [-0.2, -0.15) is 13.2 Å². The number of aliphatic imine (C=N–C) groups is 1. The zero-order valence-electron chi connectivity index (χ0n) is 9.00. The van der Waals surface area contributed by atoms with Gasteiger partial charge in [-0.05, 0) is 25.7 Å². The summed E-state index contributed by atoms with van der Waals surface area (Å²) >= 11 is 0. The van der Waals surface area contributed by atoms with E-state index in [1.807, 2.05) is 0 Å². The molecule has 2 rings (SSSR count). The van der Waals surface area contributed by atoms with E-state index < -0.39 is 12.1 Å². The van der Waals surface area contributed by atoms with Gasteiger partial charge in [0, 0.05) is 13.1 Å². The predicted molar refractivity (Wildman–Crippen MR) is 55.0 cm³/mol. The van der Waals surface area contributed by atoms with Crippen LogP contribution in [-0.4, -0.2) is 36.2 Å². The number of piperidine rings is 1. The second-order valence-corrected chi connectivity index (χ2v) is 4.55. The van der Waals surface area contributed by atoms with Crippen molar-refractivity contribution in [3.8, 4) is 0 Å². The Morgan fingerprint density at radius 1 is 1.25 bits per heavy atom. The van der Waals surface area contributed by atoms with Crippen molar-refractivity contribution >= 4 is 5.96 Å². The highest BCUT2D eigenvalue weighted by Crippen LogP contribution is 2.33. The quantitative estimate of drug-likeness (QED) is 0.555. The van der Waals surface area contributed by atoms with Crippen LogP contribution in [0.4, 0.5) is 13.2 Å². The van der Waals surface area contributed by atoms with Crippen molar-refractivity contribution in [2.45, 2.75) is 37.9 Å². The van der Waals surface area contributed by atoms with Crippen LogP contribution in [0.15, 0.2) is 4.99 Å². The van der Waals surface area contributed by atoms with E-state index in [9.17, 15) is 13.2 Å². The second-order valence-electron chi connectivity index (χ2n) is 4.55. The van der Waals surface area contributed by atoms with Gasteiger partial charge in [0.1, 0.15) is 0 Å². The zero-order valence-corrected chi connectivity index (χ0v) is 9.00. The minimum Gasteiger partial charge on any atom is -0.370 e. The summed E-state index contributed by atoms with van der Waals surface area (Å²) in [6.07, 6.45) is -1.35. The Hall–Kier alpha value is -0.940. The lowest BCUT2D eigenvalue weighted by atomic mass is 9.98. The summed E-state index contributed by atoms with van der Waals surface area (Å²) in [6.45, 7) is 0.556. The van der Waals surface area contributed by atoms with Crippen molar-refractivity contribution in [2.24, 2.45) is 16.6 Å². The molecule has 1 atom stereocenters.